The zero-order valence-electron chi connectivity index (χ0n) is 13.0. The maximum atomic E-state index is 12.5. The summed E-state index contributed by atoms with van der Waals surface area (Å²) in [6, 6.07) is 15.5. The summed E-state index contributed by atoms with van der Waals surface area (Å²) >= 11 is 0. The van der Waals surface area contributed by atoms with Crippen LogP contribution in [0.2, 0.25) is 0 Å². The van der Waals surface area contributed by atoms with Crippen molar-refractivity contribution in [3.05, 3.63) is 59.7 Å². The molecule has 1 saturated carbocycles. The molecule has 0 unspecified atom stereocenters. The number of benzene rings is 2. The first-order valence-electron chi connectivity index (χ1n) is 8.11. The van der Waals surface area contributed by atoms with E-state index in [0.29, 0.717) is 5.78 Å². The van der Waals surface area contributed by atoms with Gasteiger partial charge in [-0.2, -0.15) is 0 Å². The monoisotopic (exact) mass is 294 g/mol. The van der Waals surface area contributed by atoms with Crippen LogP contribution in [0.25, 0.3) is 0 Å². The minimum atomic E-state index is 0.220. The average Bonchev–Trinajstić information content (AvgIpc) is 2.58. The van der Waals surface area contributed by atoms with Gasteiger partial charge in [-0.1, -0.05) is 37.0 Å². The Morgan fingerprint density at radius 1 is 0.864 bits per heavy atom. The lowest BCUT2D eigenvalue weighted by Gasteiger charge is -2.20. The zero-order valence-corrected chi connectivity index (χ0v) is 13.0. The van der Waals surface area contributed by atoms with Crippen molar-refractivity contribution in [1.29, 1.82) is 0 Å². The molecule has 2 aromatic carbocycles. The van der Waals surface area contributed by atoms with E-state index in [1.807, 2.05) is 48.5 Å². The molecule has 0 heterocycles. The third kappa shape index (κ3) is 3.56. The molecule has 1 aliphatic rings. The summed E-state index contributed by atoms with van der Waals surface area (Å²) in [5.74, 6) is 2.10. The predicted octanol–water partition coefficient (Wildman–Crippen LogP) is 5.55. The average molecular weight is 294 g/mol. The topological polar surface area (TPSA) is 26.3 Å². The second kappa shape index (κ2) is 6.78. The van der Waals surface area contributed by atoms with E-state index in [1.54, 1.807) is 0 Å². The van der Waals surface area contributed by atoms with Crippen molar-refractivity contribution in [2.45, 2.75) is 39.0 Å². The molecule has 0 aromatic heterocycles. The summed E-state index contributed by atoms with van der Waals surface area (Å²) < 4.78 is 5.80. The Balaban J connectivity index is 1.66. The molecule has 2 nitrogen and oxygen atoms in total. The first-order chi connectivity index (χ1) is 10.7. The molecule has 0 radical (unpaired) electrons. The molecule has 0 amide bonds. The normalized spacial score (nSPS) is 15.5. The van der Waals surface area contributed by atoms with Crippen LogP contribution in [0.4, 0.5) is 0 Å². The predicted molar refractivity (Wildman–Crippen MR) is 88.6 cm³/mol. The first-order valence-corrected chi connectivity index (χ1v) is 8.11. The summed E-state index contributed by atoms with van der Waals surface area (Å²) in [4.78, 5) is 12.5. The Labute approximate surface area is 132 Å². The van der Waals surface area contributed by atoms with Gasteiger partial charge in [0.1, 0.15) is 11.5 Å². The highest BCUT2D eigenvalue weighted by Crippen LogP contribution is 2.28. The van der Waals surface area contributed by atoms with Crippen LogP contribution in [0.1, 0.15) is 48.0 Å². The van der Waals surface area contributed by atoms with Crippen LogP contribution in [0, 0.1) is 12.8 Å². The summed E-state index contributed by atoms with van der Waals surface area (Å²) in [7, 11) is 0. The van der Waals surface area contributed by atoms with E-state index in [2.05, 4.69) is 6.92 Å². The van der Waals surface area contributed by atoms with Crippen molar-refractivity contribution in [2.75, 3.05) is 0 Å². The van der Waals surface area contributed by atoms with Crippen molar-refractivity contribution in [3.63, 3.8) is 0 Å². The summed E-state index contributed by atoms with van der Waals surface area (Å²) in [6.07, 6.45) is 5.73. The van der Waals surface area contributed by atoms with Crippen molar-refractivity contribution < 1.29 is 9.53 Å². The summed E-state index contributed by atoms with van der Waals surface area (Å²) in [5, 5.41) is 0. The summed E-state index contributed by atoms with van der Waals surface area (Å²) in [6.45, 7) is 2.05. The van der Waals surface area contributed by atoms with Gasteiger partial charge in [0.05, 0.1) is 0 Å². The van der Waals surface area contributed by atoms with Gasteiger partial charge in [0, 0.05) is 11.5 Å². The molecule has 22 heavy (non-hydrogen) atoms. The van der Waals surface area contributed by atoms with E-state index >= 15 is 0 Å². The Kier molecular flexibility index (Phi) is 4.57. The van der Waals surface area contributed by atoms with Crippen LogP contribution in [-0.4, -0.2) is 5.78 Å². The van der Waals surface area contributed by atoms with Crippen LogP contribution >= 0.6 is 0 Å². The third-order valence-electron chi connectivity index (χ3n) is 4.37. The van der Waals surface area contributed by atoms with Gasteiger partial charge in [-0.3, -0.25) is 4.79 Å². The number of ether oxygens (including phenoxy) is 1. The molecule has 114 valence electrons. The fraction of sp³-hybridized carbons (Fsp3) is 0.350. The van der Waals surface area contributed by atoms with Gasteiger partial charge in [-0.05, 0) is 56.2 Å². The van der Waals surface area contributed by atoms with Crippen molar-refractivity contribution in [1.82, 2.24) is 0 Å². The highest BCUT2D eigenvalue weighted by atomic mass is 16.5. The Bertz CT molecular complexity index is 620. The van der Waals surface area contributed by atoms with Gasteiger partial charge in [-0.25, -0.2) is 0 Å². The molecule has 0 atom stereocenters. The minimum absolute atomic E-state index is 0.220. The third-order valence-corrected chi connectivity index (χ3v) is 4.37. The quantitative estimate of drug-likeness (QED) is 0.691. The molecule has 2 aromatic rings. The van der Waals surface area contributed by atoms with E-state index in [0.717, 1.165) is 29.9 Å². The number of hydrogen-bond donors (Lipinski definition) is 0. The lowest BCUT2D eigenvalue weighted by Crippen LogP contribution is -2.17. The number of carbonyl (C=O) groups is 1. The van der Waals surface area contributed by atoms with Gasteiger partial charge in [-0.15, -0.1) is 0 Å². The van der Waals surface area contributed by atoms with Crippen LogP contribution in [-0.2, 0) is 0 Å². The van der Waals surface area contributed by atoms with Crippen molar-refractivity contribution >= 4 is 5.78 Å². The Hall–Kier alpha value is -2.09. The number of hydrogen-bond acceptors (Lipinski definition) is 2. The highest BCUT2D eigenvalue weighted by Gasteiger charge is 2.22. The van der Waals surface area contributed by atoms with E-state index in [-0.39, 0.29) is 5.92 Å². The largest absolute Gasteiger partial charge is 0.457 e. The molecule has 1 fully saturated rings. The maximum absolute atomic E-state index is 12.5. The number of aryl methyl sites for hydroxylation is 1. The second-order valence-electron chi connectivity index (χ2n) is 6.14. The van der Waals surface area contributed by atoms with Crippen LogP contribution in [0.5, 0.6) is 11.5 Å². The molecular weight excluding hydrogens is 272 g/mol. The second-order valence-corrected chi connectivity index (χ2v) is 6.14. The first kappa shape index (κ1) is 14.8. The fourth-order valence-electron chi connectivity index (χ4n) is 3.03. The smallest absolute Gasteiger partial charge is 0.165 e. The fourth-order valence-corrected chi connectivity index (χ4v) is 3.03. The molecule has 0 N–H and O–H groups in total. The van der Waals surface area contributed by atoms with E-state index < -0.39 is 0 Å². The minimum Gasteiger partial charge on any atom is -0.457 e. The SMILES string of the molecule is Cc1ccc(Oc2ccc(C(=O)C3CCCCC3)cc2)cc1. The standard InChI is InChI=1S/C20H22O2/c1-15-7-11-18(12-8-15)22-19-13-9-17(10-14-19)20(21)16-5-3-2-4-6-16/h7-14,16H,2-6H2,1H3. The lowest BCUT2D eigenvalue weighted by molar-refractivity contribution is 0.0889. The number of ketones is 1. The lowest BCUT2D eigenvalue weighted by atomic mass is 9.84. The van der Waals surface area contributed by atoms with Gasteiger partial charge in [0.25, 0.3) is 0 Å². The van der Waals surface area contributed by atoms with Gasteiger partial charge >= 0.3 is 0 Å². The van der Waals surface area contributed by atoms with Crippen LogP contribution in [0.15, 0.2) is 48.5 Å². The van der Waals surface area contributed by atoms with Gasteiger partial charge in [0.2, 0.25) is 0 Å². The Morgan fingerprint density at radius 3 is 2.00 bits per heavy atom. The number of carbonyl (C=O) groups excluding carboxylic acids is 1. The number of rotatable bonds is 4. The van der Waals surface area contributed by atoms with Crippen LogP contribution < -0.4 is 4.74 Å². The van der Waals surface area contributed by atoms with Gasteiger partial charge < -0.3 is 4.74 Å². The number of Topliss-reactive ketones (excluding diaryl/α,β-unsaturated/α-hetero) is 1. The molecular formula is C20H22O2. The molecule has 0 aliphatic heterocycles. The van der Waals surface area contributed by atoms with E-state index in [9.17, 15) is 4.79 Å². The molecule has 0 spiro atoms. The van der Waals surface area contributed by atoms with Crippen LogP contribution in [0.3, 0.4) is 0 Å². The molecule has 0 saturated heterocycles. The van der Waals surface area contributed by atoms with E-state index in [1.165, 1.54) is 24.8 Å². The van der Waals surface area contributed by atoms with Crippen molar-refractivity contribution in [3.8, 4) is 11.5 Å². The highest BCUT2D eigenvalue weighted by molar-refractivity contribution is 5.98. The van der Waals surface area contributed by atoms with Crippen molar-refractivity contribution in [2.24, 2.45) is 5.92 Å². The Morgan fingerprint density at radius 2 is 1.41 bits per heavy atom. The molecule has 1 aliphatic carbocycles. The molecule has 3 rings (SSSR count). The molecule has 2 heteroatoms. The van der Waals surface area contributed by atoms with E-state index in [4.69, 9.17) is 4.74 Å². The van der Waals surface area contributed by atoms with Gasteiger partial charge in [0.15, 0.2) is 5.78 Å². The maximum Gasteiger partial charge on any atom is 0.165 e. The summed E-state index contributed by atoms with van der Waals surface area (Å²) in [5.41, 5.74) is 2.02. The molecule has 0 bridgehead atoms. The zero-order chi connectivity index (χ0) is 15.4.